The lowest BCUT2D eigenvalue weighted by atomic mass is 9.83. The van der Waals surface area contributed by atoms with E-state index in [-0.39, 0.29) is 28.1 Å². The van der Waals surface area contributed by atoms with Crippen molar-refractivity contribution in [3.8, 4) is 5.75 Å². The maximum atomic E-state index is 13.2. The van der Waals surface area contributed by atoms with Crippen molar-refractivity contribution < 1.29 is 17.9 Å². The summed E-state index contributed by atoms with van der Waals surface area (Å²) in [6.07, 6.45) is 3.39. The van der Waals surface area contributed by atoms with Crippen molar-refractivity contribution in [1.29, 1.82) is 0 Å². The molecular formula is C22H27ClN2O4S. The van der Waals surface area contributed by atoms with Gasteiger partial charge in [0, 0.05) is 19.0 Å². The van der Waals surface area contributed by atoms with Gasteiger partial charge in [0.1, 0.15) is 11.4 Å². The van der Waals surface area contributed by atoms with Crippen LogP contribution in [-0.2, 0) is 10.0 Å². The molecule has 0 aromatic heterocycles. The topological polar surface area (TPSA) is 75.7 Å². The third-order valence-corrected chi connectivity index (χ3v) is 7.38. The smallest absolute Gasteiger partial charge is 0.253 e. The Morgan fingerprint density at radius 2 is 1.90 bits per heavy atom. The number of anilines is 1. The third kappa shape index (κ3) is 4.42. The second-order valence-corrected chi connectivity index (χ2v) is 10.1. The summed E-state index contributed by atoms with van der Waals surface area (Å²) in [5, 5.41) is 3.35. The van der Waals surface area contributed by atoms with Crippen LogP contribution in [0.3, 0.4) is 0 Å². The number of carbonyl (C=O) groups excluding carboxylic acids is 1. The number of hydrogen-bond donors (Lipinski definition) is 1. The molecule has 8 heteroatoms. The Balaban J connectivity index is 1.94. The summed E-state index contributed by atoms with van der Waals surface area (Å²) in [5.74, 6) is 0.418. The van der Waals surface area contributed by atoms with Gasteiger partial charge >= 0.3 is 0 Å². The molecule has 1 atom stereocenters. The number of carbonyl (C=O) groups is 1. The first-order chi connectivity index (χ1) is 14.1. The fourth-order valence-corrected chi connectivity index (χ4v) is 4.44. The van der Waals surface area contributed by atoms with Gasteiger partial charge in [0.2, 0.25) is 10.0 Å². The van der Waals surface area contributed by atoms with Gasteiger partial charge in [-0.05, 0) is 37.1 Å². The van der Waals surface area contributed by atoms with Crippen LogP contribution in [0.4, 0.5) is 5.69 Å². The van der Waals surface area contributed by atoms with Crippen LogP contribution in [0.5, 0.6) is 5.75 Å². The molecule has 1 aliphatic rings. The SMILES string of the molecule is CCC1(CC)C[C@@H](NC(=O)c2cc(N(C)S(C)(=O)=O)ccc2Cl)c2ccccc2O1. The standard InChI is InChI=1S/C22H27ClN2O4S/c1-5-22(6-2)14-19(16-9-7-8-10-20(16)29-22)24-21(26)17-13-15(11-12-18(17)23)25(3)30(4,27)28/h7-13,19H,5-6,14H2,1-4H3,(H,24,26)/t19-/m1/s1. The van der Waals surface area contributed by atoms with Gasteiger partial charge in [-0.1, -0.05) is 43.6 Å². The zero-order valence-electron chi connectivity index (χ0n) is 17.6. The number of halogens is 1. The van der Waals surface area contributed by atoms with Crippen molar-refractivity contribution in [3.05, 3.63) is 58.6 Å². The molecule has 1 aliphatic heterocycles. The Hall–Kier alpha value is -2.25. The first-order valence-corrected chi connectivity index (χ1v) is 12.1. The van der Waals surface area contributed by atoms with Crippen LogP contribution in [0.1, 0.15) is 55.1 Å². The average molecular weight is 451 g/mol. The first kappa shape index (κ1) is 22.4. The fraction of sp³-hybridized carbons (Fsp3) is 0.409. The fourth-order valence-electron chi connectivity index (χ4n) is 3.74. The van der Waals surface area contributed by atoms with Crippen LogP contribution < -0.4 is 14.4 Å². The van der Waals surface area contributed by atoms with E-state index in [4.69, 9.17) is 16.3 Å². The van der Waals surface area contributed by atoms with E-state index in [1.54, 1.807) is 6.07 Å². The summed E-state index contributed by atoms with van der Waals surface area (Å²) in [4.78, 5) is 13.2. The summed E-state index contributed by atoms with van der Waals surface area (Å²) in [7, 11) is -2.02. The zero-order valence-corrected chi connectivity index (χ0v) is 19.2. The van der Waals surface area contributed by atoms with Crippen molar-refractivity contribution >= 4 is 33.2 Å². The summed E-state index contributed by atoms with van der Waals surface area (Å²) in [6, 6.07) is 12.1. The normalized spacial score (nSPS) is 17.6. The van der Waals surface area contributed by atoms with Crippen molar-refractivity contribution in [2.75, 3.05) is 17.6 Å². The number of nitrogens with one attached hydrogen (secondary N) is 1. The van der Waals surface area contributed by atoms with E-state index in [0.717, 1.165) is 34.7 Å². The Bertz CT molecular complexity index is 1050. The van der Waals surface area contributed by atoms with Gasteiger partial charge in [0.25, 0.3) is 5.91 Å². The maximum Gasteiger partial charge on any atom is 0.253 e. The minimum Gasteiger partial charge on any atom is -0.487 e. The molecule has 1 amide bonds. The van der Waals surface area contributed by atoms with Crippen LogP contribution in [0.25, 0.3) is 0 Å². The van der Waals surface area contributed by atoms with Crippen molar-refractivity contribution in [3.63, 3.8) is 0 Å². The van der Waals surface area contributed by atoms with E-state index >= 15 is 0 Å². The number of fused-ring (bicyclic) bond motifs is 1. The van der Waals surface area contributed by atoms with E-state index < -0.39 is 10.0 Å². The maximum absolute atomic E-state index is 13.2. The van der Waals surface area contributed by atoms with Gasteiger partial charge in [-0.3, -0.25) is 9.10 Å². The number of nitrogens with zero attached hydrogens (tertiary/aromatic N) is 1. The van der Waals surface area contributed by atoms with Crippen molar-refractivity contribution in [2.24, 2.45) is 0 Å². The second kappa shape index (κ2) is 8.47. The molecule has 1 heterocycles. The molecule has 0 unspecified atom stereocenters. The molecule has 0 radical (unpaired) electrons. The number of amides is 1. The quantitative estimate of drug-likeness (QED) is 0.700. The van der Waals surface area contributed by atoms with Crippen LogP contribution in [0, 0.1) is 0 Å². The predicted molar refractivity (Wildman–Crippen MR) is 120 cm³/mol. The van der Waals surface area contributed by atoms with Crippen LogP contribution in [0.15, 0.2) is 42.5 Å². The number of para-hydroxylation sites is 1. The van der Waals surface area contributed by atoms with Gasteiger partial charge in [-0.15, -0.1) is 0 Å². The molecule has 30 heavy (non-hydrogen) atoms. The van der Waals surface area contributed by atoms with Gasteiger partial charge in [0.05, 0.1) is 28.6 Å². The number of sulfonamides is 1. The van der Waals surface area contributed by atoms with E-state index in [2.05, 4.69) is 19.2 Å². The summed E-state index contributed by atoms with van der Waals surface area (Å²) < 4.78 is 31.1. The third-order valence-electron chi connectivity index (χ3n) is 5.85. The monoisotopic (exact) mass is 450 g/mol. The highest BCUT2D eigenvalue weighted by atomic mass is 35.5. The molecule has 0 saturated carbocycles. The largest absolute Gasteiger partial charge is 0.487 e. The number of benzene rings is 2. The highest BCUT2D eigenvalue weighted by Gasteiger charge is 2.39. The minimum atomic E-state index is -3.46. The predicted octanol–water partition coefficient (Wildman–Crippen LogP) is 4.55. The molecule has 0 fully saturated rings. The first-order valence-electron chi connectivity index (χ1n) is 9.92. The summed E-state index contributed by atoms with van der Waals surface area (Å²) in [6.45, 7) is 4.16. The highest BCUT2D eigenvalue weighted by Crippen LogP contribution is 2.42. The van der Waals surface area contributed by atoms with E-state index in [0.29, 0.717) is 12.1 Å². The molecular weight excluding hydrogens is 424 g/mol. The van der Waals surface area contributed by atoms with Gasteiger partial charge < -0.3 is 10.1 Å². The lowest BCUT2D eigenvalue weighted by molar-refractivity contribution is 0.0227. The molecule has 0 spiro atoms. The second-order valence-electron chi connectivity index (χ2n) is 7.65. The minimum absolute atomic E-state index is 0.229. The molecule has 1 N–H and O–H groups in total. The molecule has 0 bridgehead atoms. The van der Waals surface area contributed by atoms with Crippen LogP contribution >= 0.6 is 11.6 Å². The van der Waals surface area contributed by atoms with Gasteiger partial charge in [0.15, 0.2) is 0 Å². The Kier molecular flexibility index (Phi) is 6.34. The number of ether oxygens (including phenoxy) is 1. The van der Waals surface area contributed by atoms with E-state index in [1.165, 1.54) is 19.2 Å². The van der Waals surface area contributed by atoms with Crippen molar-refractivity contribution in [1.82, 2.24) is 5.32 Å². The molecule has 3 rings (SSSR count). The number of hydrogen-bond acceptors (Lipinski definition) is 4. The molecule has 0 aliphatic carbocycles. The van der Waals surface area contributed by atoms with Gasteiger partial charge in [-0.2, -0.15) is 0 Å². The molecule has 162 valence electrons. The molecule has 6 nitrogen and oxygen atoms in total. The molecule has 2 aromatic rings. The van der Waals surface area contributed by atoms with E-state index in [9.17, 15) is 13.2 Å². The number of rotatable bonds is 6. The zero-order chi connectivity index (χ0) is 22.1. The molecule has 2 aromatic carbocycles. The van der Waals surface area contributed by atoms with Gasteiger partial charge in [-0.25, -0.2) is 8.42 Å². The summed E-state index contributed by atoms with van der Waals surface area (Å²) >= 11 is 6.29. The lowest BCUT2D eigenvalue weighted by Gasteiger charge is -2.41. The Labute approximate surface area is 183 Å². The van der Waals surface area contributed by atoms with E-state index in [1.807, 2.05) is 24.3 Å². The molecule has 0 saturated heterocycles. The average Bonchev–Trinajstić information content (AvgIpc) is 2.72. The highest BCUT2D eigenvalue weighted by molar-refractivity contribution is 7.92. The van der Waals surface area contributed by atoms with Crippen LogP contribution in [-0.4, -0.2) is 33.2 Å². The van der Waals surface area contributed by atoms with Crippen molar-refractivity contribution in [2.45, 2.75) is 44.8 Å². The Morgan fingerprint density at radius 3 is 2.53 bits per heavy atom. The van der Waals surface area contributed by atoms with Crippen LogP contribution in [0.2, 0.25) is 5.02 Å². The Morgan fingerprint density at radius 1 is 1.23 bits per heavy atom. The summed E-state index contributed by atoms with van der Waals surface area (Å²) in [5.41, 5.74) is 1.17. The lowest BCUT2D eigenvalue weighted by Crippen LogP contribution is -2.44.